The summed E-state index contributed by atoms with van der Waals surface area (Å²) in [5.41, 5.74) is -2.91. The molecule has 15 nitrogen and oxygen atoms in total. The SMILES string of the molecule is CCC(=O)OC(Cn1c(=O)n(CC(OC(=O)CC)c2cc(C(C)(C)C)c(O)c(C(C)(C)C)c2)c(=O)n(CC(OC(=O)CC)c2cc(C(C)(C)C)c(O)c(C(C)(C)C)c2)c1=O)c1cc(C(C)(C)C)c(O)c(C(C)(C)C)c1. The lowest BCUT2D eigenvalue weighted by atomic mass is 9.78. The van der Waals surface area contributed by atoms with E-state index in [0.717, 1.165) is 13.7 Å². The second-order valence-corrected chi connectivity index (χ2v) is 26.1. The van der Waals surface area contributed by atoms with Crippen LogP contribution in [0.25, 0.3) is 0 Å². The average molecular weight is 1040 g/mol. The molecule has 0 aliphatic heterocycles. The summed E-state index contributed by atoms with van der Waals surface area (Å²) in [6, 6.07) is 10.1. The van der Waals surface area contributed by atoms with Gasteiger partial charge in [0.05, 0.1) is 19.6 Å². The normalized spacial score (nSPS) is 14.0. The predicted molar refractivity (Wildman–Crippen MR) is 293 cm³/mol. The van der Waals surface area contributed by atoms with Crippen LogP contribution < -0.4 is 17.1 Å². The number of nitrogens with zero attached hydrogens (tertiary/aromatic N) is 3. The van der Waals surface area contributed by atoms with E-state index in [1.54, 1.807) is 57.2 Å². The van der Waals surface area contributed by atoms with Crippen molar-refractivity contribution in [3.05, 3.63) is 118 Å². The number of carbonyl (C=O) groups excluding carboxylic acids is 3. The molecule has 75 heavy (non-hydrogen) atoms. The van der Waals surface area contributed by atoms with E-state index in [1.807, 2.05) is 125 Å². The van der Waals surface area contributed by atoms with Gasteiger partial charge in [0.15, 0.2) is 0 Å². The fourth-order valence-electron chi connectivity index (χ4n) is 8.97. The van der Waals surface area contributed by atoms with Gasteiger partial charge in [-0.2, -0.15) is 0 Å². The third-order valence-electron chi connectivity index (χ3n) is 13.5. The number of phenolic OH excluding ortho intramolecular Hbond substituents is 3. The summed E-state index contributed by atoms with van der Waals surface area (Å²) < 4.78 is 20.7. The van der Waals surface area contributed by atoms with Crippen LogP contribution in [0.4, 0.5) is 0 Å². The Bertz CT molecular complexity index is 2510. The number of hydrogen-bond acceptors (Lipinski definition) is 12. The fourth-order valence-corrected chi connectivity index (χ4v) is 8.97. The third-order valence-corrected chi connectivity index (χ3v) is 13.5. The maximum atomic E-state index is 15.4. The number of carbonyl (C=O) groups is 3. The van der Waals surface area contributed by atoms with Gasteiger partial charge < -0.3 is 29.5 Å². The molecule has 3 aromatic carbocycles. The van der Waals surface area contributed by atoms with Crippen LogP contribution in [0.3, 0.4) is 0 Å². The molecule has 4 rings (SSSR count). The summed E-state index contributed by atoms with van der Waals surface area (Å²) in [7, 11) is 0. The van der Waals surface area contributed by atoms with Crippen LogP contribution in [0.1, 0.15) is 233 Å². The first kappa shape index (κ1) is 61.4. The third kappa shape index (κ3) is 14.2. The summed E-state index contributed by atoms with van der Waals surface area (Å²) in [4.78, 5) is 86.5. The summed E-state index contributed by atoms with van der Waals surface area (Å²) >= 11 is 0. The first-order valence-corrected chi connectivity index (χ1v) is 26.2. The van der Waals surface area contributed by atoms with Crippen LogP contribution >= 0.6 is 0 Å². The fraction of sp³-hybridized carbons (Fsp3) is 0.600. The van der Waals surface area contributed by atoms with Crippen LogP contribution in [-0.4, -0.2) is 46.9 Å². The Morgan fingerprint density at radius 3 is 0.667 bits per heavy atom. The number of hydrogen-bond donors (Lipinski definition) is 3. The van der Waals surface area contributed by atoms with Crippen molar-refractivity contribution in [3.8, 4) is 17.2 Å². The molecule has 3 atom stereocenters. The molecule has 1 aromatic heterocycles. The van der Waals surface area contributed by atoms with Gasteiger partial charge in [-0.25, -0.2) is 28.1 Å². The second kappa shape index (κ2) is 22.2. The molecule has 0 spiro atoms. The lowest BCUT2D eigenvalue weighted by Gasteiger charge is -2.31. The van der Waals surface area contributed by atoms with Crippen molar-refractivity contribution in [2.45, 2.75) is 235 Å². The monoisotopic (exact) mass is 1040 g/mol. The zero-order chi connectivity index (χ0) is 57.5. The van der Waals surface area contributed by atoms with Gasteiger partial charge >= 0.3 is 35.0 Å². The lowest BCUT2D eigenvalue weighted by molar-refractivity contribution is -0.150. The molecule has 0 radical (unpaired) electrons. The van der Waals surface area contributed by atoms with E-state index < -0.39 is 105 Å². The van der Waals surface area contributed by atoms with Crippen LogP contribution in [0.5, 0.6) is 17.2 Å². The molecule has 15 heteroatoms. The predicted octanol–water partition coefficient (Wildman–Crippen LogP) is 11.2. The van der Waals surface area contributed by atoms with Crippen LogP contribution in [-0.2, 0) is 80.7 Å². The van der Waals surface area contributed by atoms with E-state index in [0.29, 0.717) is 50.1 Å². The molecule has 0 saturated heterocycles. The molecule has 0 aliphatic rings. The summed E-state index contributed by atoms with van der Waals surface area (Å²) in [5.74, 6) is -1.83. The first-order chi connectivity index (χ1) is 34.1. The van der Waals surface area contributed by atoms with E-state index >= 15 is 14.4 Å². The molecule has 1 heterocycles. The van der Waals surface area contributed by atoms with Gasteiger partial charge in [-0.05, 0) is 119 Å². The molecule has 3 unspecified atom stereocenters. The molecular formula is C60H87N3O12. The molecule has 414 valence electrons. The number of aromatic hydroxyl groups is 3. The van der Waals surface area contributed by atoms with Gasteiger partial charge in [-0.15, -0.1) is 0 Å². The molecule has 3 N–H and O–H groups in total. The Kier molecular flexibility index (Phi) is 18.2. The van der Waals surface area contributed by atoms with Crippen molar-refractivity contribution in [2.75, 3.05) is 0 Å². The average Bonchev–Trinajstić information content (AvgIpc) is 3.27. The van der Waals surface area contributed by atoms with Crippen molar-refractivity contribution in [1.29, 1.82) is 0 Å². The highest BCUT2D eigenvalue weighted by molar-refractivity contribution is 5.70. The second-order valence-electron chi connectivity index (χ2n) is 26.1. The van der Waals surface area contributed by atoms with E-state index in [-0.39, 0.29) is 36.5 Å². The summed E-state index contributed by atoms with van der Waals surface area (Å²) in [6.45, 7) is 37.4. The first-order valence-electron chi connectivity index (χ1n) is 26.2. The number of phenols is 3. The van der Waals surface area contributed by atoms with Gasteiger partial charge in [-0.3, -0.25) is 14.4 Å². The topological polar surface area (TPSA) is 206 Å². The van der Waals surface area contributed by atoms with E-state index in [1.165, 1.54) is 0 Å². The number of ether oxygens (including phenoxy) is 3. The van der Waals surface area contributed by atoms with Gasteiger partial charge in [0.2, 0.25) is 0 Å². The standard InChI is InChI=1S/C60H87N3O12/c1-22-46(64)73-43(34-25-37(55(4,5)6)49(67)38(26-34)56(7,8)9)31-61-52(70)62(32-44(74-47(65)23-2)35-27-39(57(10,11)12)50(68)40(28-35)58(13,14)15)54(72)63(53(61)71)33-45(75-48(66)24-3)36-29-41(59(16,17)18)51(69)42(30-36)60(19,20)21/h25-30,43-45,67-69H,22-24,31-33H2,1-21H3. The van der Waals surface area contributed by atoms with Gasteiger partial charge in [0.25, 0.3) is 0 Å². The molecule has 0 bridgehead atoms. The maximum Gasteiger partial charge on any atom is 0.336 e. The Morgan fingerprint density at radius 1 is 0.373 bits per heavy atom. The van der Waals surface area contributed by atoms with Gasteiger partial charge in [0.1, 0.15) is 35.6 Å². The maximum absolute atomic E-state index is 15.4. The molecule has 4 aromatic rings. The summed E-state index contributed by atoms with van der Waals surface area (Å²) in [5, 5.41) is 35.1. The smallest absolute Gasteiger partial charge is 0.336 e. The van der Waals surface area contributed by atoms with Crippen LogP contribution in [0.2, 0.25) is 0 Å². The van der Waals surface area contributed by atoms with Crippen molar-refractivity contribution < 1.29 is 43.9 Å². The zero-order valence-electron chi connectivity index (χ0n) is 48.8. The zero-order valence-corrected chi connectivity index (χ0v) is 48.8. The minimum Gasteiger partial charge on any atom is -0.507 e. The van der Waals surface area contributed by atoms with Crippen molar-refractivity contribution in [1.82, 2.24) is 13.7 Å². The highest BCUT2D eigenvalue weighted by Gasteiger charge is 2.35. The number of rotatable bonds is 15. The van der Waals surface area contributed by atoms with Crippen molar-refractivity contribution in [3.63, 3.8) is 0 Å². The van der Waals surface area contributed by atoms with Gasteiger partial charge in [-0.1, -0.05) is 145 Å². The molecule has 0 amide bonds. The molecular weight excluding hydrogens is 955 g/mol. The number of benzene rings is 3. The highest BCUT2D eigenvalue weighted by Crippen LogP contribution is 2.45. The largest absolute Gasteiger partial charge is 0.507 e. The van der Waals surface area contributed by atoms with Crippen LogP contribution in [0, 0.1) is 0 Å². The van der Waals surface area contributed by atoms with Crippen LogP contribution in [0.15, 0.2) is 50.8 Å². The van der Waals surface area contributed by atoms with Gasteiger partial charge in [0, 0.05) is 19.3 Å². The summed E-state index contributed by atoms with van der Waals surface area (Å²) in [6.07, 6.45) is -4.23. The van der Waals surface area contributed by atoms with E-state index in [2.05, 4.69) is 0 Å². The minimum absolute atomic E-state index is 0.0460. The van der Waals surface area contributed by atoms with Crippen molar-refractivity contribution in [2.24, 2.45) is 0 Å². The Morgan fingerprint density at radius 2 is 0.533 bits per heavy atom. The Hall–Kier alpha value is -6.12. The lowest BCUT2D eigenvalue weighted by Crippen LogP contribution is -2.56. The van der Waals surface area contributed by atoms with E-state index in [4.69, 9.17) is 14.2 Å². The van der Waals surface area contributed by atoms with E-state index in [9.17, 15) is 29.7 Å². The Labute approximate surface area is 444 Å². The van der Waals surface area contributed by atoms with Crippen molar-refractivity contribution >= 4 is 17.9 Å². The minimum atomic E-state index is -1.34. The quantitative estimate of drug-likeness (QED) is 0.0751. The number of aromatic nitrogens is 3. The number of esters is 3. The molecule has 0 aliphatic carbocycles. The molecule has 0 saturated carbocycles. The molecule has 0 fully saturated rings. The highest BCUT2D eigenvalue weighted by atomic mass is 16.6. The Balaban J connectivity index is 2.25.